The molecule has 2 rings (SSSR count). The number of rotatable bonds is 9. The Balaban J connectivity index is 1.82. The van der Waals surface area contributed by atoms with Crippen molar-refractivity contribution >= 4 is 17.6 Å². The van der Waals surface area contributed by atoms with Gasteiger partial charge in [0.1, 0.15) is 12.6 Å². The molecule has 0 bridgehead atoms. The van der Waals surface area contributed by atoms with E-state index in [1.54, 1.807) is 0 Å². The number of benzene rings is 1. The number of ether oxygens (including phenoxy) is 2. The van der Waals surface area contributed by atoms with E-state index < -0.39 is 6.10 Å². The van der Waals surface area contributed by atoms with Gasteiger partial charge in [-0.2, -0.15) is 0 Å². The number of likely N-dealkylation sites (tertiary alicyclic amines) is 1. The molecule has 1 aromatic carbocycles. The third-order valence-corrected chi connectivity index (χ3v) is 4.88. The molecule has 0 aliphatic carbocycles. The number of halogens is 1. The molecule has 1 unspecified atom stereocenters. The van der Waals surface area contributed by atoms with Crippen molar-refractivity contribution < 1.29 is 23.9 Å². The van der Waals surface area contributed by atoms with Crippen molar-refractivity contribution in [1.29, 1.82) is 0 Å². The SMILES string of the molecule is CCOC(=O)C[N+]1(CC(O)COCc2ccc(Cl)cc2)CCCCC1. The Kier molecular flexibility index (Phi) is 8.16. The highest BCUT2D eigenvalue weighted by Crippen LogP contribution is 2.20. The second kappa shape index (κ2) is 10.1. The summed E-state index contributed by atoms with van der Waals surface area (Å²) in [5.41, 5.74) is 1.02. The molecule has 0 amide bonds. The Hall–Kier alpha value is -1.14. The maximum absolute atomic E-state index is 12.0. The fraction of sp³-hybridized carbons (Fsp3) is 0.632. The highest BCUT2D eigenvalue weighted by Gasteiger charge is 2.35. The summed E-state index contributed by atoms with van der Waals surface area (Å²) in [6, 6.07) is 7.47. The summed E-state index contributed by atoms with van der Waals surface area (Å²) in [7, 11) is 0. The molecule has 1 heterocycles. The van der Waals surface area contributed by atoms with Gasteiger partial charge in [-0.15, -0.1) is 0 Å². The van der Waals surface area contributed by atoms with Crippen LogP contribution in [0, 0.1) is 0 Å². The minimum absolute atomic E-state index is 0.182. The minimum Gasteiger partial charge on any atom is -0.462 e. The summed E-state index contributed by atoms with van der Waals surface area (Å²) in [4.78, 5) is 12.0. The number of esters is 1. The van der Waals surface area contributed by atoms with Crippen LogP contribution < -0.4 is 0 Å². The number of nitrogens with zero attached hydrogens (tertiary/aromatic N) is 1. The largest absolute Gasteiger partial charge is 0.462 e. The van der Waals surface area contributed by atoms with E-state index in [1.807, 2.05) is 31.2 Å². The van der Waals surface area contributed by atoms with Crippen LogP contribution in [0.1, 0.15) is 31.7 Å². The normalized spacial score (nSPS) is 17.9. The molecule has 1 aliphatic heterocycles. The van der Waals surface area contributed by atoms with Crippen molar-refractivity contribution in [2.24, 2.45) is 0 Å². The molecule has 1 atom stereocenters. The van der Waals surface area contributed by atoms with Crippen molar-refractivity contribution in [1.82, 2.24) is 0 Å². The number of carbonyl (C=O) groups excluding carboxylic acids is 1. The predicted octanol–water partition coefficient (Wildman–Crippen LogP) is 2.78. The molecule has 1 fully saturated rings. The van der Waals surface area contributed by atoms with Crippen molar-refractivity contribution in [2.45, 2.75) is 38.9 Å². The summed E-state index contributed by atoms with van der Waals surface area (Å²) >= 11 is 5.86. The van der Waals surface area contributed by atoms with Crippen molar-refractivity contribution in [2.75, 3.05) is 39.4 Å². The standard InChI is InChI=1S/C19H29ClNO4/c1-2-25-19(23)13-21(10-4-3-5-11-21)12-18(22)15-24-14-16-6-8-17(20)9-7-16/h6-9,18,22H,2-5,10-15H2,1H3/q+1. The topological polar surface area (TPSA) is 55.8 Å². The monoisotopic (exact) mass is 370 g/mol. The molecule has 0 radical (unpaired) electrons. The first-order valence-corrected chi connectivity index (χ1v) is 9.42. The number of hydrogen-bond acceptors (Lipinski definition) is 4. The van der Waals surface area contributed by atoms with Crippen LogP contribution in [0.5, 0.6) is 0 Å². The predicted molar refractivity (Wildman–Crippen MR) is 97.3 cm³/mol. The van der Waals surface area contributed by atoms with Gasteiger partial charge >= 0.3 is 5.97 Å². The summed E-state index contributed by atoms with van der Waals surface area (Å²) in [6.45, 7) is 5.59. The Bertz CT molecular complexity index is 529. The molecule has 6 heteroatoms. The summed E-state index contributed by atoms with van der Waals surface area (Å²) in [5.74, 6) is -0.182. The van der Waals surface area contributed by atoms with Crippen LogP contribution in [-0.4, -0.2) is 61.1 Å². The zero-order valence-electron chi connectivity index (χ0n) is 15.0. The van der Waals surface area contributed by atoms with Gasteiger partial charge in [-0.25, -0.2) is 4.79 Å². The van der Waals surface area contributed by atoms with Crippen molar-refractivity contribution in [3.63, 3.8) is 0 Å². The highest BCUT2D eigenvalue weighted by atomic mass is 35.5. The maximum atomic E-state index is 12.0. The van der Waals surface area contributed by atoms with E-state index in [9.17, 15) is 9.90 Å². The van der Waals surface area contributed by atoms with Gasteiger partial charge in [0.15, 0.2) is 6.54 Å². The molecule has 0 spiro atoms. The average Bonchev–Trinajstić information content (AvgIpc) is 2.57. The summed E-state index contributed by atoms with van der Waals surface area (Å²) < 4.78 is 11.4. The quantitative estimate of drug-likeness (QED) is 0.536. The first kappa shape index (κ1) is 20.2. The van der Waals surface area contributed by atoms with Crippen LogP contribution in [0.4, 0.5) is 0 Å². The lowest BCUT2D eigenvalue weighted by molar-refractivity contribution is -0.928. The molecular weight excluding hydrogens is 342 g/mol. The Morgan fingerprint density at radius 3 is 2.56 bits per heavy atom. The van der Waals surface area contributed by atoms with E-state index in [0.717, 1.165) is 31.5 Å². The van der Waals surface area contributed by atoms with E-state index in [4.69, 9.17) is 21.1 Å². The van der Waals surface area contributed by atoms with E-state index in [2.05, 4.69) is 0 Å². The fourth-order valence-electron chi connectivity index (χ4n) is 3.46. The van der Waals surface area contributed by atoms with Crippen LogP contribution in [-0.2, 0) is 20.9 Å². The molecule has 1 saturated heterocycles. The molecule has 0 aromatic heterocycles. The summed E-state index contributed by atoms with van der Waals surface area (Å²) in [5, 5.41) is 11.1. The number of piperidine rings is 1. The summed E-state index contributed by atoms with van der Waals surface area (Å²) in [6.07, 6.45) is 2.75. The second-order valence-electron chi connectivity index (χ2n) is 6.79. The van der Waals surface area contributed by atoms with Crippen LogP contribution >= 0.6 is 11.6 Å². The zero-order chi connectivity index (χ0) is 18.1. The number of hydrogen-bond donors (Lipinski definition) is 1. The van der Waals surface area contributed by atoms with Gasteiger partial charge in [0.2, 0.25) is 0 Å². The fourth-order valence-corrected chi connectivity index (χ4v) is 3.59. The lowest BCUT2D eigenvalue weighted by Gasteiger charge is -2.41. The van der Waals surface area contributed by atoms with Crippen LogP contribution in [0.25, 0.3) is 0 Å². The Labute approximate surface area is 155 Å². The Morgan fingerprint density at radius 2 is 1.92 bits per heavy atom. The van der Waals surface area contributed by atoms with E-state index >= 15 is 0 Å². The molecule has 25 heavy (non-hydrogen) atoms. The molecule has 1 N–H and O–H groups in total. The molecule has 1 aromatic rings. The van der Waals surface area contributed by atoms with E-state index in [0.29, 0.717) is 35.8 Å². The number of aliphatic hydroxyl groups excluding tert-OH is 1. The first-order chi connectivity index (χ1) is 12.0. The van der Waals surface area contributed by atoms with E-state index in [-0.39, 0.29) is 12.6 Å². The van der Waals surface area contributed by atoms with Crippen LogP contribution in [0.3, 0.4) is 0 Å². The number of quaternary nitrogens is 1. The minimum atomic E-state index is -0.597. The van der Waals surface area contributed by atoms with Gasteiger partial charge in [-0.05, 0) is 43.9 Å². The lowest BCUT2D eigenvalue weighted by atomic mass is 10.1. The highest BCUT2D eigenvalue weighted by molar-refractivity contribution is 6.30. The molecule has 140 valence electrons. The third kappa shape index (κ3) is 6.94. The van der Waals surface area contributed by atoms with Gasteiger partial charge < -0.3 is 19.1 Å². The van der Waals surface area contributed by atoms with Gasteiger partial charge in [0, 0.05) is 5.02 Å². The number of carbonyl (C=O) groups is 1. The van der Waals surface area contributed by atoms with Crippen molar-refractivity contribution in [3.8, 4) is 0 Å². The third-order valence-electron chi connectivity index (χ3n) is 4.63. The smallest absolute Gasteiger partial charge is 0.361 e. The van der Waals surface area contributed by atoms with Crippen LogP contribution in [0.2, 0.25) is 5.02 Å². The number of aliphatic hydroxyl groups is 1. The Morgan fingerprint density at radius 1 is 1.24 bits per heavy atom. The van der Waals surface area contributed by atoms with Crippen LogP contribution in [0.15, 0.2) is 24.3 Å². The molecule has 1 aliphatic rings. The molecule has 5 nitrogen and oxygen atoms in total. The maximum Gasteiger partial charge on any atom is 0.361 e. The van der Waals surface area contributed by atoms with Gasteiger partial charge in [-0.3, -0.25) is 0 Å². The van der Waals surface area contributed by atoms with Gasteiger partial charge in [-0.1, -0.05) is 23.7 Å². The lowest BCUT2D eigenvalue weighted by Crippen LogP contribution is -2.58. The second-order valence-corrected chi connectivity index (χ2v) is 7.23. The zero-order valence-corrected chi connectivity index (χ0v) is 15.7. The van der Waals surface area contributed by atoms with E-state index in [1.165, 1.54) is 6.42 Å². The molecular formula is C19H29ClNO4+. The average molecular weight is 371 g/mol. The van der Waals surface area contributed by atoms with Gasteiger partial charge in [0.25, 0.3) is 0 Å². The molecule has 0 saturated carbocycles. The first-order valence-electron chi connectivity index (χ1n) is 9.04. The van der Waals surface area contributed by atoms with Gasteiger partial charge in [0.05, 0.1) is 32.9 Å². The van der Waals surface area contributed by atoms with Crippen molar-refractivity contribution in [3.05, 3.63) is 34.9 Å².